The minimum absolute atomic E-state index is 0.112. The monoisotopic (exact) mass is 395 g/mol. The summed E-state index contributed by atoms with van der Waals surface area (Å²) in [7, 11) is 0. The van der Waals surface area contributed by atoms with E-state index in [1.165, 1.54) is 11.1 Å². The van der Waals surface area contributed by atoms with Crippen LogP contribution in [0.15, 0.2) is 83.9 Å². The topological polar surface area (TPSA) is 36.4 Å². The van der Waals surface area contributed by atoms with Crippen LogP contribution in [-0.4, -0.2) is 5.96 Å². The molecule has 0 amide bonds. The van der Waals surface area contributed by atoms with E-state index in [2.05, 4.69) is 59.2 Å². The summed E-state index contributed by atoms with van der Waals surface area (Å²) in [6.07, 6.45) is 0. The molecule has 3 aromatic carbocycles. The molecule has 0 unspecified atom stereocenters. The van der Waals surface area contributed by atoms with Crippen molar-refractivity contribution in [1.29, 1.82) is 0 Å². The predicted octanol–water partition coefficient (Wildman–Crippen LogP) is 5.52. The molecule has 0 saturated carbocycles. The second kappa shape index (κ2) is 8.03. The van der Waals surface area contributed by atoms with Gasteiger partial charge in [-0.1, -0.05) is 89.9 Å². The molecular formula is C22H19Cl2N3. The van der Waals surface area contributed by atoms with Gasteiger partial charge in [0.05, 0.1) is 28.7 Å². The Kier molecular flexibility index (Phi) is 5.33. The molecule has 2 N–H and O–H groups in total. The highest BCUT2D eigenvalue weighted by molar-refractivity contribution is 6.42. The molecule has 3 aromatic rings. The zero-order valence-electron chi connectivity index (χ0n) is 14.6. The Morgan fingerprint density at radius 2 is 1.26 bits per heavy atom. The maximum atomic E-state index is 6.10. The molecule has 0 spiro atoms. The van der Waals surface area contributed by atoms with Crippen molar-refractivity contribution in [2.24, 2.45) is 4.99 Å². The molecule has 1 heterocycles. The van der Waals surface area contributed by atoms with Crippen molar-refractivity contribution in [2.45, 2.75) is 18.6 Å². The minimum atomic E-state index is 0.112. The Balaban J connectivity index is 1.59. The predicted molar refractivity (Wildman–Crippen MR) is 112 cm³/mol. The van der Waals surface area contributed by atoms with Gasteiger partial charge in [0, 0.05) is 0 Å². The van der Waals surface area contributed by atoms with Gasteiger partial charge < -0.3 is 10.6 Å². The Bertz CT molecular complexity index is 893. The van der Waals surface area contributed by atoms with Crippen molar-refractivity contribution in [2.75, 3.05) is 0 Å². The number of rotatable bonds is 4. The molecule has 1 aliphatic heterocycles. The normalized spacial score (nSPS) is 18.7. The van der Waals surface area contributed by atoms with E-state index in [-0.39, 0.29) is 12.1 Å². The summed E-state index contributed by atoms with van der Waals surface area (Å²) >= 11 is 12.1. The number of aliphatic imine (C=N–C) groups is 1. The van der Waals surface area contributed by atoms with Crippen LogP contribution >= 0.6 is 23.2 Å². The molecule has 0 bridgehead atoms. The van der Waals surface area contributed by atoms with E-state index < -0.39 is 0 Å². The van der Waals surface area contributed by atoms with Gasteiger partial charge in [-0.25, -0.2) is 4.99 Å². The number of benzene rings is 3. The fourth-order valence-corrected chi connectivity index (χ4v) is 3.60. The van der Waals surface area contributed by atoms with Crippen LogP contribution in [0, 0.1) is 0 Å². The van der Waals surface area contributed by atoms with Gasteiger partial charge >= 0.3 is 0 Å². The lowest BCUT2D eigenvalue weighted by Crippen LogP contribution is -2.25. The second-order valence-electron chi connectivity index (χ2n) is 6.48. The van der Waals surface area contributed by atoms with E-state index in [0.717, 1.165) is 11.5 Å². The van der Waals surface area contributed by atoms with Gasteiger partial charge in [0.2, 0.25) is 0 Å². The maximum absolute atomic E-state index is 6.10. The summed E-state index contributed by atoms with van der Waals surface area (Å²) in [4.78, 5) is 4.71. The highest BCUT2D eigenvalue weighted by Gasteiger charge is 2.32. The van der Waals surface area contributed by atoms with Gasteiger partial charge in [-0.2, -0.15) is 0 Å². The molecule has 3 nitrogen and oxygen atoms in total. The molecule has 5 heteroatoms. The molecule has 0 aliphatic carbocycles. The van der Waals surface area contributed by atoms with Gasteiger partial charge in [-0.15, -0.1) is 0 Å². The molecular weight excluding hydrogens is 377 g/mol. The Morgan fingerprint density at radius 1 is 0.704 bits per heavy atom. The number of hydrogen-bond acceptors (Lipinski definition) is 1. The summed E-state index contributed by atoms with van der Waals surface area (Å²) in [6.45, 7) is 0.523. The summed E-state index contributed by atoms with van der Waals surface area (Å²) in [5.74, 6) is 0.781. The first-order valence-electron chi connectivity index (χ1n) is 8.82. The molecule has 0 aromatic heterocycles. The average molecular weight is 396 g/mol. The number of halogens is 2. The minimum Gasteiger partial charge on any atom is -0.347 e. The van der Waals surface area contributed by atoms with E-state index >= 15 is 0 Å². The molecule has 1 fully saturated rings. The maximum Gasteiger partial charge on any atom is 0.192 e. The molecule has 1 saturated heterocycles. The standard InChI is InChI=1S/C22H19Cl2N3/c23-18-12-11-15(13-19(18)24)14-25-22-26-20(16-7-3-1-4-8-16)21(27-22)17-9-5-2-6-10-17/h1-13,20-21H,14H2,(H2,25,26,27)/t20-,21-/m1/s1. The van der Waals surface area contributed by atoms with Crippen molar-refractivity contribution < 1.29 is 0 Å². The van der Waals surface area contributed by atoms with Crippen LogP contribution in [0.3, 0.4) is 0 Å². The average Bonchev–Trinajstić information content (AvgIpc) is 3.15. The highest BCUT2D eigenvalue weighted by Crippen LogP contribution is 2.32. The number of nitrogens with zero attached hydrogens (tertiary/aromatic N) is 1. The summed E-state index contributed by atoms with van der Waals surface area (Å²) < 4.78 is 0. The van der Waals surface area contributed by atoms with Gasteiger partial charge in [0.15, 0.2) is 5.96 Å². The van der Waals surface area contributed by atoms with Gasteiger partial charge in [0.25, 0.3) is 0 Å². The SMILES string of the molecule is Clc1ccc(CN=C2N[C@H](c3ccccc3)[C@@H](c3ccccc3)N2)cc1Cl. The highest BCUT2D eigenvalue weighted by atomic mass is 35.5. The quantitative estimate of drug-likeness (QED) is 0.609. The van der Waals surface area contributed by atoms with E-state index in [1.54, 1.807) is 6.07 Å². The van der Waals surface area contributed by atoms with Crippen molar-refractivity contribution >= 4 is 29.2 Å². The first-order chi connectivity index (χ1) is 13.2. The Labute approximate surface area is 169 Å². The first-order valence-corrected chi connectivity index (χ1v) is 9.57. The number of nitrogens with one attached hydrogen (secondary N) is 2. The number of guanidine groups is 1. The van der Waals surface area contributed by atoms with Gasteiger partial charge in [-0.05, 0) is 28.8 Å². The van der Waals surface area contributed by atoms with Gasteiger partial charge in [-0.3, -0.25) is 0 Å². The molecule has 27 heavy (non-hydrogen) atoms. The van der Waals surface area contributed by atoms with Gasteiger partial charge in [0.1, 0.15) is 0 Å². The van der Waals surface area contributed by atoms with E-state index in [0.29, 0.717) is 16.6 Å². The Hall–Kier alpha value is -2.49. The summed E-state index contributed by atoms with van der Waals surface area (Å²) in [6, 6.07) is 26.7. The number of hydrogen-bond donors (Lipinski definition) is 2. The summed E-state index contributed by atoms with van der Waals surface area (Å²) in [5, 5.41) is 8.17. The smallest absolute Gasteiger partial charge is 0.192 e. The van der Waals surface area contributed by atoms with Crippen molar-refractivity contribution in [1.82, 2.24) is 10.6 Å². The largest absolute Gasteiger partial charge is 0.347 e. The van der Waals surface area contributed by atoms with Crippen molar-refractivity contribution in [3.05, 3.63) is 106 Å². The lowest BCUT2D eigenvalue weighted by molar-refractivity contribution is 0.554. The molecule has 1 aliphatic rings. The van der Waals surface area contributed by atoms with E-state index in [4.69, 9.17) is 28.2 Å². The lowest BCUT2D eigenvalue weighted by atomic mass is 9.95. The zero-order chi connectivity index (χ0) is 18.6. The Morgan fingerprint density at radius 3 is 1.78 bits per heavy atom. The van der Waals surface area contributed by atoms with E-state index in [1.807, 2.05) is 24.3 Å². The molecule has 136 valence electrons. The van der Waals surface area contributed by atoms with Crippen LogP contribution in [0.25, 0.3) is 0 Å². The fourth-order valence-electron chi connectivity index (χ4n) is 3.27. The van der Waals surface area contributed by atoms with Crippen LogP contribution in [0.1, 0.15) is 28.8 Å². The van der Waals surface area contributed by atoms with Crippen LogP contribution in [0.5, 0.6) is 0 Å². The van der Waals surface area contributed by atoms with Crippen LogP contribution in [0.4, 0.5) is 0 Å². The third kappa shape index (κ3) is 4.10. The molecule has 0 radical (unpaired) electrons. The van der Waals surface area contributed by atoms with Crippen molar-refractivity contribution in [3.8, 4) is 0 Å². The first kappa shape index (κ1) is 17.9. The fraction of sp³-hybridized carbons (Fsp3) is 0.136. The third-order valence-corrected chi connectivity index (χ3v) is 5.38. The molecule has 2 atom stereocenters. The summed E-state index contributed by atoms with van der Waals surface area (Å²) in [5.41, 5.74) is 3.46. The molecule has 4 rings (SSSR count). The lowest BCUT2D eigenvalue weighted by Gasteiger charge is -2.19. The van der Waals surface area contributed by atoms with Crippen LogP contribution in [-0.2, 0) is 6.54 Å². The van der Waals surface area contributed by atoms with Crippen molar-refractivity contribution in [3.63, 3.8) is 0 Å². The van der Waals surface area contributed by atoms with Crippen LogP contribution in [0.2, 0.25) is 10.0 Å². The second-order valence-corrected chi connectivity index (χ2v) is 7.29. The van der Waals surface area contributed by atoms with Crippen LogP contribution < -0.4 is 10.6 Å². The third-order valence-electron chi connectivity index (χ3n) is 4.64. The van der Waals surface area contributed by atoms with E-state index in [9.17, 15) is 0 Å². The zero-order valence-corrected chi connectivity index (χ0v) is 16.1.